The largest absolute Gasteiger partial charge is 0.496 e. The molecule has 27 heavy (non-hydrogen) atoms. The highest BCUT2D eigenvalue weighted by molar-refractivity contribution is 5.99. The number of aliphatic hydroxyl groups is 1. The highest BCUT2D eigenvalue weighted by atomic mass is 16.5. The Balaban J connectivity index is 1.68. The third-order valence-electron chi connectivity index (χ3n) is 4.41. The summed E-state index contributed by atoms with van der Waals surface area (Å²) in [6, 6.07) is 15.4. The van der Waals surface area contributed by atoms with Crippen LogP contribution >= 0.6 is 0 Å². The molecule has 1 heterocycles. The minimum atomic E-state index is -0.543. The normalized spacial score (nSPS) is 12.0. The second-order valence-electron chi connectivity index (χ2n) is 6.27. The molecule has 0 saturated heterocycles. The van der Waals surface area contributed by atoms with Crippen LogP contribution in [0.2, 0.25) is 0 Å². The molecule has 140 valence electrons. The molecule has 6 heteroatoms. The fraction of sp³-hybridized carbons (Fsp3) is 0.238. The van der Waals surface area contributed by atoms with Crippen molar-refractivity contribution < 1.29 is 14.6 Å². The molecule has 0 amide bonds. The molecule has 1 atom stereocenters. The average molecular weight is 365 g/mol. The van der Waals surface area contributed by atoms with Crippen LogP contribution in [0.25, 0.3) is 11.3 Å². The summed E-state index contributed by atoms with van der Waals surface area (Å²) >= 11 is 0. The van der Waals surface area contributed by atoms with E-state index in [1.165, 1.54) is 7.11 Å². The van der Waals surface area contributed by atoms with Crippen molar-refractivity contribution in [1.29, 1.82) is 0 Å². The Labute approximate surface area is 158 Å². The summed E-state index contributed by atoms with van der Waals surface area (Å²) in [4.78, 5) is 19.7. The molecule has 2 aromatic carbocycles. The molecule has 0 radical (unpaired) electrons. The Bertz CT molecular complexity index is 906. The zero-order valence-corrected chi connectivity index (χ0v) is 15.4. The van der Waals surface area contributed by atoms with E-state index in [0.29, 0.717) is 17.9 Å². The molecule has 0 bridgehead atoms. The second kappa shape index (κ2) is 8.62. The fourth-order valence-electron chi connectivity index (χ4n) is 2.86. The van der Waals surface area contributed by atoms with E-state index in [0.717, 1.165) is 22.6 Å². The van der Waals surface area contributed by atoms with Crippen molar-refractivity contribution >= 4 is 5.78 Å². The molecule has 1 aromatic heterocycles. The van der Waals surface area contributed by atoms with Crippen LogP contribution in [0, 0.1) is 0 Å². The number of ether oxygens (including phenoxy) is 1. The SMILES string of the molecule is COc1ccc(CN[C@@H](C)c2ncc(-c3ccccc3)[nH]2)cc1C(=O)CO. The van der Waals surface area contributed by atoms with Crippen LogP contribution < -0.4 is 10.1 Å². The summed E-state index contributed by atoms with van der Waals surface area (Å²) in [6.45, 7) is 2.04. The van der Waals surface area contributed by atoms with E-state index in [9.17, 15) is 4.79 Å². The smallest absolute Gasteiger partial charge is 0.191 e. The van der Waals surface area contributed by atoms with Gasteiger partial charge >= 0.3 is 0 Å². The van der Waals surface area contributed by atoms with Gasteiger partial charge in [-0.05, 0) is 30.2 Å². The predicted octanol–water partition coefficient (Wildman–Crippen LogP) is 3.11. The minimum absolute atomic E-state index is 0.00144. The molecule has 0 fully saturated rings. The first-order chi connectivity index (χ1) is 13.1. The first kappa shape index (κ1) is 18.8. The predicted molar refractivity (Wildman–Crippen MR) is 104 cm³/mol. The van der Waals surface area contributed by atoms with E-state index >= 15 is 0 Å². The molecule has 3 rings (SSSR count). The van der Waals surface area contributed by atoms with Crippen molar-refractivity contribution in [1.82, 2.24) is 15.3 Å². The topological polar surface area (TPSA) is 87.2 Å². The van der Waals surface area contributed by atoms with Gasteiger partial charge in [-0.2, -0.15) is 0 Å². The van der Waals surface area contributed by atoms with E-state index in [1.54, 1.807) is 12.1 Å². The second-order valence-corrected chi connectivity index (χ2v) is 6.27. The lowest BCUT2D eigenvalue weighted by molar-refractivity contribution is 0.0900. The molecular weight excluding hydrogens is 342 g/mol. The van der Waals surface area contributed by atoms with Gasteiger partial charge in [0.25, 0.3) is 0 Å². The third kappa shape index (κ3) is 4.42. The zero-order chi connectivity index (χ0) is 19.2. The number of ketones is 1. The standard InChI is InChI=1S/C21H23N3O3/c1-14(21-23-12-18(24-21)16-6-4-3-5-7-16)22-11-15-8-9-20(27-2)17(10-15)19(26)13-25/h3-10,12,14,22,25H,11,13H2,1-2H3,(H,23,24)/t14-/m0/s1. The van der Waals surface area contributed by atoms with E-state index in [1.807, 2.05) is 49.5 Å². The Morgan fingerprint density at radius 1 is 1.26 bits per heavy atom. The van der Waals surface area contributed by atoms with Crippen LogP contribution in [0.5, 0.6) is 5.75 Å². The summed E-state index contributed by atoms with van der Waals surface area (Å²) in [6.07, 6.45) is 1.83. The molecule has 3 N–H and O–H groups in total. The molecule has 0 spiro atoms. The van der Waals surface area contributed by atoms with Gasteiger partial charge in [0.15, 0.2) is 5.78 Å². The number of Topliss-reactive ketones (excluding diaryl/α,β-unsaturated/α-hetero) is 1. The maximum absolute atomic E-state index is 11.9. The van der Waals surface area contributed by atoms with Gasteiger partial charge in [-0.3, -0.25) is 4.79 Å². The first-order valence-corrected chi connectivity index (χ1v) is 8.77. The summed E-state index contributed by atoms with van der Waals surface area (Å²) in [5.74, 6) is 0.943. The van der Waals surface area contributed by atoms with Crippen molar-refractivity contribution in [3.63, 3.8) is 0 Å². The number of H-pyrrole nitrogens is 1. The van der Waals surface area contributed by atoms with Gasteiger partial charge in [-0.15, -0.1) is 0 Å². The molecule has 0 unspecified atom stereocenters. The number of aromatic nitrogens is 2. The Kier molecular flexibility index (Phi) is 6.01. The molecule has 0 saturated carbocycles. The highest BCUT2D eigenvalue weighted by Gasteiger charge is 2.14. The number of carbonyl (C=O) groups excluding carboxylic acids is 1. The van der Waals surface area contributed by atoms with Crippen LogP contribution in [0.4, 0.5) is 0 Å². The maximum Gasteiger partial charge on any atom is 0.191 e. The molecular formula is C21H23N3O3. The molecule has 6 nitrogen and oxygen atoms in total. The summed E-state index contributed by atoms with van der Waals surface area (Å²) in [5.41, 5.74) is 3.37. The number of benzene rings is 2. The number of aromatic amines is 1. The van der Waals surface area contributed by atoms with Crippen molar-refractivity contribution in [2.24, 2.45) is 0 Å². The molecule has 0 aliphatic rings. The maximum atomic E-state index is 11.9. The zero-order valence-electron chi connectivity index (χ0n) is 15.4. The highest BCUT2D eigenvalue weighted by Crippen LogP contribution is 2.22. The number of hydrogen-bond acceptors (Lipinski definition) is 5. The van der Waals surface area contributed by atoms with Crippen molar-refractivity contribution in [2.75, 3.05) is 13.7 Å². The number of aliphatic hydroxyl groups excluding tert-OH is 1. The lowest BCUT2D eigenvalue weighted by atomic mass is 10.1. The van der Waals surface area contributed by atoms with E-state index in [2.05, 4.69) is 15.3 Å². The third-order valence-corrected chi connectivity index (χ3v) is 4.41. The van der Waals surface area contributed by atoms with Gasteiger partial charge < -0.3 is 20.1 Å². The fourth-order valence-corrected chi connectivity index (χ4v) is 2.86. The Morgan fingerprint density at radius 3 is 2.74 bits per heavy atom. The van der Waals surface area contributed by atoms with E-state index < -0.39 is 6.61 Å². The van der Waals surface area contributed by atoms with Crippen LogP contribution in [0.1, 0.15) is 34.7 Å². The van der Waals surface area contributed by atoms with Gasteiger partial charge in [0.1, 0.15) is 18.2 Å². The monoisotopic (exact) mass is 365 g/mol. The van der Waals surface area contributed by atoms with Crippen molar-refractivity contribution in [3.05, 3.63) is 71.7 Å². The molecule has 0 aliphatic carbocycles. The quantitative estimate of drug-likeness (QED) is 0.534. The average Bonchev–Trinajstić information content (AvgIpc) is 3.22. The van der Waals surface area contributed by atoms with Crippen molar-refractivity contribution in [3.8, 4) is 17.0 Å². The molecule has 3 aromatic rings. The summed E-state index contributed by atoms with van der Waals surface area (Å²) < 4.78 is 5.20. The lowest BCUT2D eigenvalue weighted by Gasteiger charge is -2.13. The van der Waals surface area contributed by atoms with E-state index in [-0.39, 0.29) is 11.8 Å². The van der Waals surface area contributed by atoms with Gasteiger partial charge in [0.2, 0.25) is 0 Å². The van der Waals surface area contributed by atoms with Gasteiger partial charge in [-0.1, -0.05) is 36.4 Å². The number of imidazole rings is 1. The van der Waals surface area contributed by atoms with Crippen molar-refractivity contribution in [2.45, 2.75) is 19.5 Å². The minimum Gasteiger partial charge on any atom is -0.496 e. The Morgan fingerprint density at radius 2 is 2.04 bits per heavy atom. The summed E-state index contributed by atoms with van der Waals surface area (Å²) in [5, 5.41) is 12.5. The van der Waals surface area contributed by atoms with Gasteiger partial charge in [0.05, 0.1) is 30.6 Å². The number of rotatable bonds is 8. The number of carbonyl (C=O) groups is 1. The van der Waals surface area contributed by atoms with Crippen LogP contribution in [-0.2, 0) is 6.54 Å². The number of nitrogens with zero attached hydrogens (tertiary/aromatic N) is 1. The first-order valence-electron chi connectivity index (χ1n) is 8.77. The van der Waals surface area contributed by atoms with E-state index in [4.69, 9.17) is 9.84 Å². The molecule has 0 aliphatic heterocycles. The van der Waals surface area contributed by atoms with Crippen LogP contribution in [0.15, 0.2) is 54.7 Å². The van der Waals surface area contributed by atoms with Crippen LogP contribution in [-0.4, -0.2) is 34.6 Å². The summed E-state index contributed by atoms with van der Waals surface area (Å²) in [7, 11) is 1.50. The number of nitrogens with one attached hydrogen (secondary N) is 2. The van der Waals surface area contributed by atoms with Gasteiger partial charge in [-0.25, -0.2) is 4.98 Å². The van der Waals surface area contributed by atoms with Gasteiger partial charge in [0, 0.05) is 6.54 Å². The lowest BCUT2D eigenvalue weighted by Crippen LogP contribution is -2.19. The number of hydrogen-bond donors (Lipinski definition) is 3. The number of methoxy groups -OCH3 is 1. The Hall–Kier alpha value is -2.96. The van der Waals surface area contributed by atoms with Crippen LogP contribution in [0.3, 0.4) is 0 Å².